The highest BCUT2D eigenvalue weighted by atomic mass is 16.5. The summed E-state index contributed by atoms with van der Waals surface area (Å²) in [6.45, 7) is 1.34. The van der Waals surface area contributed by atoms with Gasteiger partial charge in [-0.2, -0.15) is 0 Å². The Morgan fingerprint density at radius 3 is 1.28 bits per heavy atom. The molecular formula is C26H32N2O4. The third kappa shape index (κ3) is 7.48. The summed E-state index contributed by atoms with van der Waals surface area (Å²) in [7, 11) is 3.88. The molecule has 0 heterocycles. The van der Waals surface area contributed by atoms with Crippen LogP contribution in [0.25, 0.3) is 0 Å². The van der Waals surface area contributed by atoms with Gasteiger partial charge in [0.2, 0.25) is 0 Å². The molecule has 0 aliphatic carbocycles. The van der Waals surface area contributed by atoms with E-state index in [2.05, 4.69) is 0 Å². The van der Waals surface area contributed by atoms with E-state index < -0.39 is 12.2 Å². The van der Waals surface area contributed by atoms with Gasteiger partial charge in [-0.15, -0.1) is 0 Å². The number of benzene rings is 3. The number of ether oxygens (including phenoxy) is 2. The minimum absolute atomic E-state index is 0.196. The lowest BCUT2D eigenvalue weighted by Gasteiger charge is -2.23. The molecule has 2 N–H and O–H groups in total. The molecular weight excluding hydrogens is 404 g/mol. The number of hydrogen-bond acceptors (Lipinski definition) is 6. The van der Waals surface area contributed by atoms with Gasteiger partial charge in [-0.05, 0) is 48.5 Å². The monoisotopic (exact) mass is 436 g/mol. The normalized spacial score (nSPS) is 12.6. The van der Waals surface area contributed by atoms with Crippen LogP contribution in [0, 0.1) is 0 Å². The van der Waals surface area contributed by atoms with Crippen molar-refractivity contribution in [2.45, 2.75) is 12.2 Å². The minimum Gasteiger partial charge on any atom is -0.491 e. The summed E-state index contributed by atoms with van der Waals surface area (Å²) in [6.07, 6.45) is -1.24. The van der Waals surface area contributed by atoms with Crippen molar-refractivity contribution < 1.29 is 19.7 Å². The Kier molecular flexibility index (Phi) is 8.78. The summed E-state index contributed by atoms with van der Waals surface area (Å²) in [5, 5.41) is 20.5. The molecule has 0 saturated heterocycles. The number of anilines is 2. The first kappa shape index (κ1) is 23.4. The fraction of sp³-hybridized carbons (Fsp3) is 0.308. The van der Waals surface area contributed by atoms with Crippen LogP contribution in [0.3, 0.4) is 0 Å². The fourth-order valence-electron chi connectivity index (χ4n) is 3.33. The Hall–Kier alpha value is -3.22. The van der Waals surface area contributed by atoms with Crippen molar-refractivity contribution in [3.8, 4) is 11.5 Å². The molecule has 3 aromatic rings. The fourth-order valence-corrected chi connectivity index (χ4v) is 3.33. The molecule has 0 aliphatic heterocycles. The summed E-state index contributed by atoms with van der Waals surface area (Å²) in [4.78, 5) is 3.98. The molecule has 0 spiro atoms. The summed E-state index contributed by atoms with van der Waals surface area (Å²) in [5.41, 5.74) is 2.09. The number of hydrogen-bond donors (Lipinski definition) is 2. The first-order valence-corrected chi connectivity index (χ1v) is 10.8. The lowest BCUT2D eigenvalue weighted by molar-refractivity contribution is 0.111. The van der Waals surface area contributed by atoms with E-state index in [0.29, 0.717) is 24.6 Å². The van der Waals surface area contributed by atoms with Crippen molar-refractivity contribution in [3.63, 3.8) is 0 Å². The van der Waals surface area contributed by atoms with Crippen LogP contribution in [0.15, 0.2) is 84.9 Å². The first-order chi connectivity index (χ1) is 15.5. The summed E-state index contributed by atoms with van der Waals surface area (Å²) < 4.78 is 11.4. The Labute approximate surface area is 190 Å². The van der Waals surface area contributed by atoms with Crippen LogP contribution in [0.1, 0.15) is 0 Å². The van der Waals surface area contributed by atoms with Crippen molar-refractivity contribution in [1.82, 2.24) is 0 Å². The Bertz CT molecular complexity index is 830. The molecule has 2 atom stereocenters. The van der Waals surface area contributed by atoms with E-state index in [1.54, 1.807) is 24.3 Å². The van der Waals surface area contributed by atoms with Gasteiger partial charge in [0.15, 0.2) is 0 Å². The van der Waals surface area contributed by atoms with Crippen molar-refractivity contribution in [2.75, 3.05) is 50.2 Å². The largest absolute Gasteiger partial charge is 0.491 e. The smallest absolute Gasteiger partial charge is 0.119 e. The molecule has 0 aliphatic rings. The second-order valence-electron chi connectivity index (χ2n) is 7.83. The third-order valence-corrected chi connectivity index (χ3v) is 5.07. The zero-order valence-corrected chi connectivity index (χ0v) is 18.7. The molecule has 6 heteroatoms. The van der Waals surface area contributed by atoms with E-state index in [0.717, 1.165) is 11.4 Å². The molecule has 0 amide bonds. The van der Waals surface area contributed by atoms with Gasteiger partial charge in [0, 0.05) is 38.6 Å². The second kappa shape index (κ2) is 12.0. The zero-order chi connectivity index (χ0) is 22.8. The molecule has 170 valence electrons. The molecule has 3 aromatic carbocycles. The van der Waals surface area contributed by atoms with Crippen LogP contribution in [0.5, 0.6) is 11.5 Å². The standard InChI is InChI=1S/C26H32N2O4/c1-27(21-9-5-3-6-10-21)17-23(29)19-31-25-13-15-26(16-14-25)32-20-24(30)18-28(2)22-11-7-4-8-12-22/h3-16,23-24,29-30H,17-20H2,1-2H3/t23-,24+. The van der Waals surface area contributed by atoms with Crippen LogP contribution >= 0.6 is 0 Å². The molecule has 0 bridgehead atoms. The van der Waals surface area contributed by atoms with Gasteiger partial charge in [0.1, 0.15) is 36.9 Å². The van der Waals surface area contributed by atoms with Crippen molar-refractivity contribution in [2.24, 2.45) is 0 Å². The van der Waals surface area contributed by atoms with Gasteiger partial charge in [0.05, 0.1) is 0 Å². The maximum absolute atomic E-state index is 10.3. The molecule has 0 saturated carbocycles. The van der Waals surface area contributed by atoms with E-state index in [9.17, 15) is 10.2 Å². The highest BCUT2D eigenvalue weighted by Gasteiger charge is 2.11. The Balaban J connectivity index is 1.38. The number of nitrogens with zero attached hydrogens (tertiary/aromatic N) is 2. The average Bonchev–Trinajstić information content (AvgIpc) is 2.83. The highest BCUT2D eigenvalue weighted by molar-refractivity contribution is 5.45. The molecule has 0 unspecified atom stereocenters. The average molecular weight is 437 g/mol. The highest BCUT2D eigenvalue weighted by Crippen LogP contribution is 2.19. The maximum Gasteiger partial charge on any atom is 0.119 e. The number of aliphatic hydroxyl groups is 2. The van der Waals surface area contributed by atoms with Crippen LogP contribution in [-0.2, 0) is 0 Å². The van der Waals surface area contributed by atoms with Crippen molar-refractivity contribution in [1.29, 1.82) is 0 Å². The summed E-state index contributed by atoms with van der Waals surface area (Å²) in [6, 6.07) is 27.0. The number of aliphatic hydroxyl groups excluding tert-OH is 2. The van der Waals surface area contributed by atoms with Crippen LogP contribution in [0.2, 0.25) is 0 Å². The number of likely N-dealkylation sites (N-methyl/N-ethyl adjacent to an activating group) is 2. The lowest BCUT2D eigenvalue weighted by atomic mass is 10.2. The summed E-state index contributed by atoms with van der Waals surface area (Å²) >= 11 is 0. The first-order valence-electron chi connectivity index (χ1n) is 10.8. The van der Waals surface area contributed by atoms with Gasteiger partial charge in [-0.25, -0.2) is 0 Å². The molecule has 0 aromatic heterocycles. The van der Waals surface area contributed by atoms with Gasteiger partial charge in [-0.3, -0.25) is 0 Å². The van der Waals surface area contributed by atoms with Gasteiger partial charge in [0.25, 0.3) is 0 Å². The van der Waals surface area contributed by atoms with Crippen LogP contribution in [-0.4, -0.2) is 62.8 Å². The predicted molar refractivity (Wildman–Crippen MR) is 129 cm³/mol. The molecule has 0 radical (unpaired) electrons. The lowest BCUT2D eigenvalue weighted by Crippen LogP contribution is -2.33. The number of para-hydroxylation sites is 2. The molecule has 3 rings (SSSR count). The molecule has 32 heavy (non-hydrogen) atoms. The minimum atomic E-state index is -0.618. The number of rotatable bonds is 12. The Morgan fingerprint density at radius 1 is 0.594 bits per heavy atom. The molecule has 6 nitrogen and oxygen atoms in total. The third-order valence-electron chi connectivity index (χ3n) is 5.07. The van der Waals surface area contributed by atoms with E-state index in [1.165, 1.54) is 0 Å². The second-order valence-corrected chi connectivity index (χ2v) is 7.83. The Morgan fingerprint density at radius 2 is 0.938 bits per heavy atom. The summed E-state index contributed by atoms with van der Waals surface area (Å²) in [5.74, 6) is 1.31. The topological polar surface area (TPSA) is 65.4 Å². The van der Waals surface area contributed by atoms with E-state index in [-0.39, 0.29) is 13.2 Å². The maximum atomic E-state index is 10.3. The quantitative estimate of drug-likeness (QED) is 0.454. The zero-order valence-electron chi connectivity index (χ0n) is 18.7. The van der Waals surface area contributed by atoms with Crippen LogP contribution < -0.4 is 19.3 Å². The van der Waals surface area contributed by atoms with Gasteiger partial charge < -0.3 is 29.5 Å². The van der Waals surface area contributed by atoms with E-state index in [1.807, 2.05) is 84.6 Å². The van der Waals surface area contributed by atoms with Gasteiger partial charge >= 0.3 is 0 Å². The SMILES string of the molecule is CN(C[C@H](O)COc1ccc(OC[C@H](O)CN(C)c2ccccc2)cc1)c1ccccc1. The van der Waals surface area contributed by atoms with Crippen LogP contribution in [0.4, 0.5) is 11.4 Å². The molecule has 0 fully saturated rings. The van der Waals surface area contributed by atoms with E-state index >= 15 is 0 Å². The predicted octanol–water partition coefficient (Wildman–Crippen LogP) is 3.44. The van der Waals surface area contributed by atoms with E-state index in [4.69, 9.17) is 9.47 Å². The van der Waals surface area contributed by atoms with Gasteiger partial charge in [-0.1, -0.05) is 36.4 Å². The van der Waals surface area contributed by atoms with Crippen molar-refractivity contribution in [3.05, 3.63) is 84.9 Å². The van der Waals surface area contributed by atoms with Crippen molar-refractivity contribution >= 4 is 11.4 Å².